The fraction of sp³-hybridized carbons (Fsp3) is 0.552. The zero-order valence-corrected chi connectivity index (χ0v) is 25.3. The third-order valence-corrected chi connectivity index (χ3v) is 7.35. The molecule has 2 aromatic carbocycles. The van der Waals surface area contributed by atoms with Gasteiger partial charge in [0.05, 0.1) is 0 Å². The fourth-order valence-corrected chi connectivity index (χ4v) is 5.52. The molecule has 3 rings (SSSR count). The van der Waals surface area contributed by atoms with Gasteiger partial charge in [0.2, 0.25) is 0 Å². The van der Waals surface area contributed by atoms with Crippen LogP contribution in [0.5, 0.6) is 0 Å². The number of nitrogens with zero attached hydrogens (tertiary/aromatic N) is 2. The average Bonchev–Trinajstić information content (AvgIpc) is 3.13. The number of thioether (sulfide) groups is 1. The quantitative estimate of drug-likeness (QED) is 0.292. The molecule has 1 aliphatic heterocycles. The van der Waals surface area contributed by atoms with Crippen molar-refractivity contribution in [2.45, 2.75) is 79.1 Å². The van der Waals surface area contributed by atoms with E-state index in [4.69, 9.17) is 0 Å². The summed E-state index contributed by atoms with van der Waals surface area (Å²) in [5, 5.41) is 0. The maximum atomic E-state index is 2.83. The summed E-state index contributed by atoms with van der Waals surface area (Å²) in [6.45, 7) is 20.5. The van der Waals surface area contributed by atoms with Crippen LogP contribution in [0, 0.1) is 0 Å². The van der Waals surface area contributed by atoms with Crippen LogP contribution in [0.15, 0.2) is 36.4 Å². The van der Waals surface area contributed by atoms with Gasteiger partial charge in [0.25, 0.3) is 0 Å². The molecule has 33 heavy (non-hydrogen) atoms. The fourth-order valence-electron chi connectivity index (χ4n) is 4.55. The van der Waals surface area contributed by atoms with Gasteiger partial charge in [-0.25, -0.2) is 0 Å². The van der Waals surface area contributed by atoms with Crippen LogP contribution < -0.4 is 9.80 Å². The Morgan fingerprint density at radius 2 is 0.848 bits per heavy atom. The average molecular weight is 650 g/mol. The van der Waals surface area contributed by atoms with Crippen molar-refractivity contribution in [3.63, 3.8) is 0 Å². The number of para-hydroxylation sites is 2. The molecular formula is C29H44AuN2S. The Labute approximate surface area is 219 Å². The van der Waals surface area contributed by atoms with Crippen LogP contribution >= 0.6 is 11.8 Å². The Morgan fingerprint density at radius 1 is 0.606 bits per heavy atom. The summed E-state index contributed by atoms with van der Waals surface area (Å²) in [6, 6.07) is 13.7. The van der Waals surface area contributed by atoms with E-state index in [9.17, 15) is 0 Å². The molecule has 0 saturated carbocycles. The third-order valence-electron chi connectivity index (χ3n) is 6.18. The Hall–Kier alpha value is -1.000. The monoisotopic (exact) mass is 649 g/mol. The van der Waals surface area contributed by atoms with Crippen LogP contribution in [-0.4, -0.2) is 29.6 Å². The van der Waals surface area contributed by atoms with Crippen LogP contribution in [0.2, 0.25) is 0 Å². The molecule has 0 N–H and O–H groups in total. The standard InChI is InChI=1S/C27H38N2.C2H6S.Au/c1-18(2)22-11-9-12-23(19(3)4)26(22)28-15-16-29(17-28)27-24(20(5)6)13-10-14-25(27)21(7)8;1-3-2;/h9-14,18-21H,15-16H2,1-8H3;1-2H3;. The van der Waals surface area contributed by atoms with Crippen LogP contribution in [-0.2, 0) is 20.6 Å². The van der Waals surface area contributed by atoms with Gasteiger partial charge in [0.1, 0.15) is 0 Å². The van der Waals surface area contributed by atoms with E-state index >= 15 is 0 Å². The Kier molecular flexibility index (Phi) is 10.8. The van der Waals surface area contributed by atoms with E-state index in [1.54, 1.807) is 11.8 Å². The van der Waals surface area contributed by atoms with E-state index in [1.807, 2.05) is 12.5 Å². The predicted octanol–water partition coefficient (Wildman–Crippen LogP) is 8.12. The molecule has 2 aromatic rings. The van der Waals surface area contributed by atoms with Crippen molar-refractivity contribution in [3.05, 3.63) is 58.7 Å². The SMILES string of the molecule is CC(C)c1cccc(C(C)C)c1N1CCN(c2c(C(C)C)cccc2C(C)C)[C]1=[Au].CSC. The van der Waals surface area contributed by atoms with Gasteiger partial charge in [-0.15, -0.1) is 0 Å². The van der Waals surface area contributed by atoms with Crippen molar-refractivity contribution in [1.29, 1.82) is 0 Å². The largest absolute Gasteiger partial charge is 0.169 e. The molecule has 0 aromatic heterocycles. The van der Waals surface area contributed by atoms with E-state index in [0.717, 1.165) is 13.1 Å². The number of benzene rings is 2. The maximum Gasteiger partial charge on any atom is -0.0187 e. The van der Waals surface area contributed by atoms with Crippen molar-refractivity contribution in [2.24, 2.45) is 0 Å². The minimum absolute atomic E-state index is 0.503. The van der Waals surface area contributed by atoms with E-state index in [-0.39, 0.29) is 0 Å². The second-order valence-corrected chi connectivity index (χ2v) is 11.9. The van der Waals surface area contributed by atoms with E-state index in [2.05, 4.69) is 122 Å². The summed E-state index contributed by atoms with van der Waals surface area (Å²) in [4.78, 5) is 5.13. The van der Waals surface area contributed by atoms with Crippen molar-refractivity contribution in [3.8, 4) is 0 Å². The van der Waals surface area contributed by atoms with Gasteiger partial charge in [0.15, 0.2) is 0 Å². The van der Waals surface area contributed by atoms with E-state index in [1.165, 1.54) is 37.6 Å². The van der Waals surface area contributed by atoms with Gasteiger partial charge < -0.3 is 0 Å². The van der Waals surface area contributed by atoms with Crippen LogP contribution in [0.3, 0.4) is 0 Å². The zero-order valence-electron chi connectivity index (χ0n) is 22.3. The summed E-state index contributed by atoms with van der Waals surface area (Å²) >= 11 is 4.58. The molecule has 0 atom stereocenters. The molecule has 0 unspecified atom stereocenters. The molecule has 4 heteroatoms. The molecule has 0 radical (unpaired) electrons. The first-order valence-corrected chi connectivity index (χ1v) is 15.0. The van der Waals surface area contributed by atoms with Crippen LogP contribution in [0.1, 0.15) is 101 Å². The number of anilines is 2. The minimum Gasteiger partial charge on any atom is -0.169 e. The normalized spacial score (nSPS) is 14.1. The summed E-state index contributed by atoms with van der Waals surface area (Å²) in [5.74, 6) is 2.01. The summed E-state index contributed by atoms with van der Waals surface area (Å²) in [7, 11) is 0. The van der Waals surface area contributed by atoms with Gasteiger partial charge in [-0.1, -0.05) is 0 Å². The number of hydrogen-bond donors (Lipinski definition) is 0. The summed E-state index contributed by atoms with van der Waals surface area (Å²) in [6.07, 6.45) is 4.08. The molecule has 187 valence electrons. The molecule has 1 aliphatic rings. The molecule has 0 aliphatic carbocycles. The Bertz CT molecular complexity index is 807. The van der Waals surface area contributed by atoms with Crippen molar-refractivity contribution >= 4 is 27.1 Å². The first kappa shape index (κ1) is 28.2. The first-order chi connectivity index (χ1) is 15.6. The van der Waals surface area contributed by atoms with Crippen LogP contribution in [0.25, 0.3) is 0 Å². The second-order valence-electron chi connectivity index (χ2n) is 10.1. The molecule has 0 spiro atoms. The van der Waals surface area contributed by atoms with Crippen molar-refractivity contribution < 1.29 is 20.6 Å². The Balaban J connectivity index is 0.00000122. The molecule has 2 nitrogen and oxygen atoms in total. The minimum atomic E-state index is 0.503. The first-order valence-electron chi connectivity index (χ1n) is 12.3. The van der Waals surface area contributed by atoms with E-state index in [0.29, 0.717) is 23.7 Å². The molecule has 0 bridgehead atoms. The van der Waals surface area contributed by atoms with Gasteiger partial charge in [0, 0.05) is 0 Å². The van der Waals surface area contributed by atoms with E-state index < -0.39 is 0 Å². The molecule has 0 amide bonds. The summed E-state index contributed by atoms with van der Waals surface area (Å²) in [5.41, 5.74) is 8.66. The molecule has 1 fully saturated rings. The van der Waals surface area contributed by atoms with Crippen LogP contribution in [0.4, 0.5) is 11.4 Å². The molecule has 1 saturated heterocycles. The second kappa shape index (κ2) is 12.6. The maximum absolute atomic E-state index is 2.83. The van der Waals surface area contributed by atoms with Crippen molar-refractivity contribution in [1.82, 2.24) is 0 Å². The number of hydrogen-bond acceptors (Lipinski definition) is 3. The molecule has 1 heterocycles. The summed E-state index contributed by atoms with van der Waals surface area (Å²) < 4.78 is 1.31. The van der Waals surface area contributed by atoms with Gasteiger partial charge >= 0.3 is 197 Å². The topological polar surface area (TPSA) is 6.48 Å². The van der Waals surface area contributed by atoms with Gasteiger partial charge in [-0.05, 0) is 12.5 Å². The van der Waals surface area contributed by atoms with Crippen molar-refractivity contribution in [2.75, 3.05) is 35.4 Å². The molecular weight excluding hydrogens is 605 g/mol. The predicted molar refractivity (Wildman–Crippen MR) is 148 cm³/mol. The zero-order chi connectivity index (χ0) is 24.9. The third kappa shape index (κ3) is 6.37. The van der Waals surface area contributed by atoms with Gasteiger partial charge in [-0.3, -0.25) is 0 Å². The van der Waals surface area contributed by atoms with Gasteiger partial charge in [-0.2, -0.15) is 11.8 Å². The number of rotatable bonds is 6. The Morgan fingerprint density at radius 3 is 1.06 bits per heavy atom. The smallest absolute Gasteiger partial charge is 0.0187 e.